The highest BCUT2D eigenvalue weighted by Crippen LogP contribution is 2.23. The molecular formula is C13H25NO. The second kappa shape index (κ2) is 5.86. The van der Waals surface area contributed by atoms with Crippen LogP contribution in [0, 0.1) is 0 Å². The molecule has 0 heterocycles. The maximum Gasteiger partial charge on any atom is 0.0675 e. The van der Waals surface area contributed by atoms with Crippen LogP contribution in [0.4, 0.5) is 0 Å². The first kappa shape index (κ1) is 11.4. The van der Waals surface area contributed by atoms with E-state index in [1.807, 2.05) is 0 Å². The van der Waals surface area contributed by atoms with Gasteiger partial charge in [-0.2, -0.15) is 0 Å². The lowest BCUT2D eigenvalue weighted by Gasteiger charge is -2.30. The minimum Gasteiger partial charge on any atom is -0.374 e. The molecule has 0 saturated heterocycles. The number of rotatable bonds is 5. The van der Waals surface area contributed by atoms with E-state index in [1.165, 1.54) is 51.4 Å². The number of ether oxygens (including phenoxy) is 1. The third-order valence-corrected chi connectivity index (χ3v) is 3.78. The van der Waals surface area contributed by atoms with Gasteiger partial charge in [-0.15, -0.1) is 0 Å². The Morgan fingerprint density at radius 3 is 2.40 bits per heavy atom. The van der Waals surface area contributed by atoms with Crippen LogP contribution in [0.3, 0.4) is 0 Å². The van der Waals surface area contributed by atoms with Crippen LogP contribution in [-0.2, 0) is 4.74 Å². The molecule has 2 heteroatoms. The zero-order valence-corrected chi connectivity index (χ0v) is 10.0. The van der Waals surface area contributed by atoms with Gasteiger partial charge in [0.05, 0.1) is 12.2 Å². The fourth-order valence-corrected chi connectivity index (χ4v) is 2.52. The molecule has 1 N–H and O–H groups in total. The van der Waals surface area contributed by atoms with Crippen molar-refractivity contribution in [1.29, 1.82) is 0 Å². The summed E-state index contributed by atoms with van der Waals surface area (Å²) >= 11 is 0. The van der Waals surface area contributed by atoms with Crippen LogP contribution < -0.4 is 5.32 Å². The van der Waals surface area contributed by atoms with E-state index in [-0.39, 0.29) is 0 Å². The van der Waals surface area contributed by atoms with Gasteiger partial charge in [0.1, 0.15) is 0 Å². The van der Waals surface area contributed by atoms with Crippen LogP contribution in [0.5, 0.6) is 0 Å². The molecule has 0 radical (unpaired) electrons. The van der Waals surface area contributed by atoms with Gasteiger partial charge in [0.15, 0.2) is 0 Å². The molecule has 2 aliphatic rings. The quantitative estimate of drug-likeness (QED) is 0.755. The van der Waals surface area contributed by atoms with E-state index in [1.54, 1.807) is 0 Å². The molecule has 88 valence electrons. The van der Waals surface area contributed by atoms with Gasteiger partial charge in [-0.3, -0.25) is 0 Å². The van der Waals surface area contributed by atoms with Gasteiger partial charge in [-0.25, -0.2) is 0 Å². The summed E-state index contributed by atoms with van der Waals surface area (Å²) in [5.41, 5.74) is 0. The Morgan fingerprint density at radius 2 is 1.80 bits per heavy atom. The normalized spacial score (nSPS) is 26.2. The molecule has 0 aromatic rings. The summed E-state index contributed by atoms with van der Waals surface area (Å²) in [7, 11) is 0. The Labute approximate surface area is 93.8 Å². The molecule has 2 rings (SSSR count). The summed E-state index contributed by atoms with van der Waals surface area (Å²) in [5.74, 6) is 0. The highest BCUT2D eigenvalue weighted by Gasteiger charge is 2.21. The van der Waals surface area contributed by atoms with Crippen molar-refractivity contribution in [2.75, 3.05) is 6.54 Å². The zero-order valence-electron chi connectivity index (χ0n) is 10.0. The highest BCUT2D eigenvalue weighted by molar-refractivity contribution is 4.75. The van der Waals surface area contributed by atoms with E-state index < -0.39 is 0 Å². The predicted molar refractivity (Wildman–Crippen MR) is 63.1 cm³/mol. The van der Waals surface area contributed by atoms with Gasteiger partial charge >= 0.3 is 0 Å². The minimum absolute atomic E-state index is 0.400. The van der Waals surface area contributed by atoms with Gasteiger partial charge in [0.25, 0.3) is 0 Å². The molecule has 0 aromatic carbocycles. The maximum absolute atomic E-state index is 5.91. The second-order valence-corrected chi connectivity index (χ2v) is 5.24. The second-order valence-electron chi connectivity index (χ2n) is 5.24. The summed E-state index contributed by atoms with van der Waals surface area (Å²) < 4.78 is 5.91. The van der Waals surface area contributed by atoms with Crippen LogP contribution in [0.1, 0.15) is 58.3 Å². The fourth-order valence-electron chi connectivity index (χ4n) is 2.52. The molecule has 2 fully saturated rings. The van der Waals surface area contributed by atoms with Crippen molar-refractivity contribution in [2.45, 2.75) is 76.5 Å². The van der Waals surface area contributed by atoms with Crippen LogP contribution in [0.2, 0.25) is 0 Å². The maximum atomic E-state index is 5.91. The summed E-state index contributed by atoms with van der Waals surface area (Å²) in [4.78, 5) is 0. The Kier molecular flexibility index (Phi) is 4.45. The SMILES string of the molecule is CC(CNC1CCCCC1)OC1CCC1. The molecule has 2 saturated carbocycles. The average Bonchev–Trinajstić information content (AvgIpc) is 2.22. The van der Waals surface area contributed by atoms with Gasteiger partial charge in [-0.05, 0) is 39.0 Å². The lowest BCUT2D eigenvalue weighted by molar-refractivity contribution is -0.0429. The van der Waals surface area contributed by atoms with Crippen molar-refractivity contribution in [3.05, 3.63) is 0 Å². The van der Waals surface area contributed by atoms with E-state index in [4.69, 9.17) is 4.74 Å². The van der Waals surface area contributed by atoms with Crippen LogP contribution in [0.15, 0.2) is 0 Å². The van der Waals surface area contributed by atoms with Crippen molar-refractivity contribution >= 4 is 0 Å². The molecule has 0 aromatic heterocycles. The summed E-state index contributed by atoms with van der Waals surface area (Å²) in [6.07, 6.45) is 11.9. The largest absolute Gasteiger partial charge is 0.374 e. The molecule has 2 aliphatic carbocycles. The first-order chi connectivity index (χ1) is 7.34. The number of hydrogen-bond acceptors (Lipinski definition) is 2. The third kappa shape index (κ3) is 3.76. The van der Waals surface area contributed by atoms with Crippen molar-refractivity contribution < 1.29 is 4.74 Å². The van der Waals surface area contributed by atoms with Crippen molar-refractivity contribution in [2.24, 2.45) is 0 Å². The van der Waals surface area contributed by atoms with Crippen molar-refractivity contribution in [3.63, 3.8) is 0 Å². The van der Waals surface area contributed by atoms with Crippen LogP contribution in [-0.4, -0.2) is 24.8 Å². The third-order valence-electron chi connectivity index (χ3n) is 3.78. The first-order valence-electron chi connectivity index (χ1n) is 6.73. The van der Waals surface area contributed by atoms with E-state index in [9.17, 15) is 0 Å². The Morgan fingerprint density at radius 1 is 1.07 bits per heavy atom. The molecule has 0 aliphatic heterocycles. The fraction of sp³-hybridized carbons (Fsp3) is 1.00. The number of nitrogens with one attached hydrogen (secondary N) is 1. The Balaban J connectivity index is 1.55. The minimum atomic E-state index is 0.400. The van der Waals surface area contributed by atoms with Gasteiger partial charge < -0.3 is 10.1 Å². The van der Waals surface area contributed by atoms with Gasteiger partial charge in [0, 0.05) is 12.6 Å². The lowest BCUT2D eigenvalue weighted by atomic mass is 9.95. The standard InChI is InChI=1S/C13H25NO/c1-11(15-13-8-5-9-13)10-14-12-6-3-2-4-7-12/h11-14H,2-10H2,1H3. The topological polar surface area (TPSA) is 21.3 Å². The molecule has 1 unspecified atom stereocenters. The lowest BCUT2D eigenvalue weighted by Crippen LogP contribution is -2.39. The molecule has 0 amide bonds. The monoisotopic (exact) mass is 211 g/mol. The summed E-state index contributed by atoms with van der Waals surface area (Å²) in [6, 6.07) is 0.770. The van der Waals surface area contributed by atoms with Gasteiger partial charge in [-0.1, -0.05) is 19.3 Å². The Hall–Kier alpha value is -0.0800. The zero-order chi connectivity index (χ0) is 10.5. The average molecular weight is 211 g/mol. The summed E-state index contributed by atoms with van der Waals surface area (Å²) in [6.45, 7) is 3.25. The van der Waals surface area contributed by atoms with E-state index >= 15 is 0 Å². The van der Waals surface area contributed by atoms with Crippen molar-refractivity contribution in [1.82, 2.24) is 5.32 Å². The van der Waals surface area contributed by atoms with Crippen LogP contribution in [0.25, 0.3) is 0 Å². The summed E-state index contributed by atoms with van der Waals surface area (Å²) in [5, 5.41) is 3.65. The van der Waals surface area contributed by atoms with E-state index in [0.717, 1.165) is 12.6 Å². The first-order valence-corrected chi connectivity index (χ1v) is 6.73. The Bertz CT molecular complexity index is 173. The molecule has 0 spiro atoms. The van der Waals surface area contributed by atoms with Crippen molar-refractivity contribution in [3.8, 4) is 0 Å². The highest BCUT2D eigenvalue weighted by atomic mass is 16.5. The smallest absolute Gasteiger partial charge is 0.0675 e. The molecule has 15 heavy (non-hydrogen) atoms. The molecule has 1 atom stereocenters. The number of hydrogen-bond donors (Lipinski definition) is 1. The van der Waals surface area contributed by atoms with Crippen LogP contribution >= 0.6 is 0 Å². The molecule has 0 bridgehead atoms. The van der Waals surface area contributed by atoms with E-state index in [0.29, 0.717) is 12.2 Å². The molecular weight excluding hydrogens is 186 g/mol. The molecule has 2 nitrogen and oxygen atoms in total. The predicted octanol–water partition coefficient (Wildman–Crippen LogP) is 2.87. The van der Waals surface area contributed by atoms with Gasteiger partial charge in [0.2, 0.25) is 0 Å². The van der Waals surface area contributed by atoms with E-state index in [2.05, 4.69) is 12.2 Å².